The molecule has 3 rings (SSSR count). The van der Waals surface area contributed by atoms with E-state index in [4.69, 9.17) is 4.74 Å². The first-order chi connectivity index (χ1) is 21.2. The topological polar surface area (TPSA) is 88.3 Å². The van der Waals surface area contributed by atoms with Crippen LogP contribution in [0.2, 0.25) is 0 Å². The van der Waals surface area contributed by atoms with Gasteiger partial charge < -0.3 is 9.84 Å². The molecule has 0 radical (unpaired) electrons. The van der Waals surface area contributed by atoms with Gasteiger partial charge in [0.1, 0.15) is 5.69 Å². The summed E-state index contributed by atoms with van der Waals surface area (Å²) in [7, 11) is -3.37. The van der Waals surface area contributed by atoms with E-state index in [1.54, 1.807) is 6.07 Å². The maximum Gasteiger partial charge on any atom is 0.175 e. The lowest BCUT2D eigenvalue weighted by Crippen LogP contribution is -1.98. The minimum absolute atomic E-state index is 0.0934. The number of sulfone groups is 1. The summed E-state index contributed by atoms with van der Waals surface area (Å²) in [4.78, 5) is 0.176. The second-order valence-electron chi connectivity index (χ2n) is 11.6. The molecule has 9 heteroatoms. The molecular formula is C35H48Br2N2O4S. The van der Waals surface area contributed by atoms with Crippen molar-refractivity contribution in [2.45, 2.75) is 115 Å². The standard InChI is InChI=1S/C35H48Br2N2O4S/c1-3-4-5-6-7-8-9-10-11-12-13-14-15-16-17-20-23-43-33-26-32(28-21-18-19-22-29(28)35(33)40)38-39-34-30(36)24-27(25-31(34)37)44(2,41)42/h18-19,21-22,24-26,40H,3-17,20,23H2,1-2H3. The molecule has 0 atom stereocenters. The minimum Gasteiger partial charge on any atom is -0.504 e. The highest BCUT2D eigenvalue weighted by Gasteiger charge is 2.15. The zero-order valence-corrected chi connectivity index (χ0v) is 30.3. The zero-order chi connectivity index (χ0) is 31.8. The van der Waals surface area contributed by atoms with Crippen LogP contribution in [0.3, 0.4) is 0 Å². The van der Waals surface area contributed by atoms with Crippen LogP contribution in [0.25, 0.3) is 10.8 Å². The number of nitrogens with zero attached hydrogens (tertiary/aromatic N) is 2. The first-order valence-corrected chi connectivity index (χ1v) is 19.7. The molecule has 3 aromatic carbocycles. The molecule has 6 nitrogen and oxygen atoms in total. The third-order valence-electron chi connectivity index (χ3n) is 7.89. The van der Waals surface area contributed by atoms with E-state index < -0.39 is 9.84 Å². The summed E-state index contributed by atoms with van der Waals surface area (Å²) in [6.07, 6.45) is 22.2. The van der Waals surface area contributed by atoms with Gasteiger partial charge in [-0.15, -0.1) is 10.2 Å². The van der Waals surface area contributed by atoms with Gasteiger partial charge in [0.15, 0.2) is 21.3 Å². The van der Waals surface area contributed by atoms with E-state index >= 15 is 0 Å². The van der Waals surface area contributed by atoms with Gasteiger partial charge in [0.25, 0.3) is 0 Å². The lowest BCUT2D eigenvalue weighted by molar-refractivity contribution is 0.290. The fourth-order valence-electron chi connectivity index (χ4n) is 5.30. The number of azo groups is 1. The number of fused-ring (bicyclic) bond motifs is 1. The van der Waals surface area contributed by atoms with Crippen LogP contribution >= 0.6 is 31.9 Å². The summed E-state index contributed by atoms with van der Waals surface area (Å²) in [5.41, 5.74) is 1.01. The Morgan fingerprint density at radius 1 is 0.705 bits per heavy atom. The highest BCUT2D eigenvalue weighted by atomic mass is 79.9. The fourth-order valence-corrected chi connectivity index (χ4v) is 7.61. The van der Waals surface area contributed by atoms with Crippen molar-refractivity contribution in [3.05, 3.63) is 51.4 Å². The second kappa shape index (κ2) is 19.5. The van der Waals surface area contributed by atoms with Crippen molar-refractivity contribution < 1.29 is 18.3 Å². The average molecular weight is 753 g/mol. The van der Waals surface area contributed by atoms with Crippen molar-refractivity contribution in [1.82, 2.24) is 0 Å². The largest absolute Gasteiger partial charge is 0.504 e. The van der Waals surface area contributed by atoms with Crippen LogP contribution in [0, 0.1) is 0 Å². The molecule has 0 aliphatic rings. The molecule has 242 valence electrons. The van der Waals surface area contributed by atoms with Gasteiger partial charge in [0.2, 0.25) is 0 Å². The Kier molecular flexibility index (Phi) is 16.2. The molecule has 0 amide bonds. The number of phenolic OH excluding ortho intramolecular Hbond substituents is 1. The number of phenols is 1. The number of aromatic hydroxyl groups is 1. The van der Waals surface area contributed by atoms with E-state index in [9.17, 15) is 13.5 Å². The van der Waals surface area contributed by atoms with Gasteiger partial charge in [-0.3, -0.25) is 0 Å². The first kappa shape index (κ1) is 36.5. The fraction of sp³-hybridized carbons (Fsp3) is 0.543. The third kappa shape index (κ3) is 12.1. The Morgan fingerprint density at radius 2 is 1.18 bits per heavy atom. The molecule has 0 fully saturated rings. The number of halogens is 2. The molecule has 44 heavy (non-hydrogen) atoms. The van der Waals surface area contributed by atoms with Gasteiger partial charge in [-0.2, -0.15) is 0 Å². The Hall–Kier alpha value is -1.97. The molecule has 0 aliphatic carbocycles. The van der Waals surface area contributed by atoms with Crippen molar-refractivity contribution in [2.75, 3.05) is 12.9 Å². The summed E-state index contributed by atoms with van der Waals surface area (Å²) >= 11 is 6.84. The Balaban J connectivity index is 1.44. The van der Waals surface area contributed by atoms with Crippen LogP contribution in [0.5, 0.6) is 11.5 Å². The minimum atomic E-state index is -3.37. The summed E-state index contributed by atoms with van der Waals surface area (Å²) in [5.74, 6) is 0.472. The lowest BCUT2D eigenvalue weighted by Gasteiger charge is -2.12. The number of hydrogen-bond acceptors (Lipinski definition) is 6. The molecular weight excluding hydrogens is 704 g/mol. The number of benzene rings is 3. The molecule has 0 unspecified atom stereocenters. The van der Waals surface area contributed by atoms with Crippen LogP contribution < -0.4 is 4.74 Å². The van der Waals surface area contributed by atoms with Crippen LogP contribution in [0.4, 0.5) is 11.4 Å². The molecule has 0 spiro atoms. The summed E-state index contributed by atoms with van der Waals surface area (Å²) in [6.45, 7) is 2.79. The predicted molar refractivity (Wildman–Crippen MR) is 190 cm³/mol. The smallest absolute Gasteiger partial charge is 0.175 e. The summed E-state index contributed by atoms with van der Waals surface area (Å²) < 4.78 is 31.0. The number of hydrogen-bond donors (Lipinski definition) is 1. The number of rotatable bonds is 21. The van der Waals surface area contributed by atoms with E-state index in [0.29, 0.717) is 38.1 Å². The molecule has 0 saturated heterocycles. The average Bonchev–Trinajstić information content (AvgIpc) is 2.99. The molecule has 3 aromatic rings. The monoisotopic (exact) mass is 750 g/mol. The van der Waals surface area contributed by atoms with Crippen molar-refractivity contribution in [2.24, 2.45) is 10.2 Å². The molecule has 0 aromatic heterocycles. The number of ether oxygens (including phenoxy) is 1. The summed E-state index contributed by atoms with van der Waals surface area (Å²) in [6, 6.07) is 12.2. The van der Waals surface area contributed by atoms with Crippen molar-refractivity contribution in [3.8, 4) is 11.5 Å². The van der Waals surface area contributed by atoms with Gasteiger partial charge in [-0.05, 0) is 50.4 Å². The summed E-state index contributed by atoms with van der Waals surface area (Å²) in [5, 5.41) is 21.2. The number of unbranched alkanes of at least 4 members (excludes halogenated alkanes) is 15. The highest BCUT2D eigenvalue weighted by molar-refractivity contribution is 9.11. The van der Waals surface area contributed by atoms with E-state index in [1.807, 2.05) is 24.3 Å². The first-order valence-electron chi connectivity index (χ1n) is 16.2. The molecule has 0 bridgehead atoms. The Bertz CT molecular complexity index is 1440. The zero-order valence-electron chi connectivity index (χ0n) is 26.3. The maximum atomic E-state index is 12.0. The van der Waals surface area contributed by atoms with Crippen molar-refractivity contribution >= 4 is 63.8 Å². The van der Waals surface area contributed by atoms with E-state index in [1.165, 1.54) is 102 Å². The predicted octanol–water partition coefficient (Wildman–Crippen LogP) is 12.5. The quantitative estimate of drug-likeness (QED) is 0.0867. The van der Waals surface area contributed by atoms with E-state index in [2.05, 4.69) is 49.0 Å². The maximum absolute atomic E-state index is 12.0. The van der Waals surface area contributed by atoms with Gasteiger partial charge >= 0.3 is 0 Å². The van der Waals surface area contributed by atoms with Gasteiger partial charge in [-0.25, -0.2) is 8.42 Å². The van der Waals surface area contributed by atoms with Crippen LogP contribution in [0.1, 0.15) is 110 Å². The Morgan fingerprint density at radius 3 is 1.68 bits per heavy atom. The van der Waals surface area contributed by atoms with Crippen LogP contribution in [0.15, 0.2) is 66.5 Å². The Labute approximate surface area is 281 Å². The van der Waals surface area contributed by atoms with Crippen molar-refractivity contribution in [3.63, 3.8) is 0 Å². The third-order valence-corrected chi connectivity index (χ3v) is 10.2. The van der Waals surface area contributed by atoms with Crippen molar-refractivity contribution in [1.29, 1.82) is 0 Å². The van der Waals surface area contributed by atoms with Gasteiger partial charge in [0, 0.05) is 32.0 Å². The normalized spacial score (nSPS) is 12.0. The lowest BCUT2D eigenvalue weighted by atomic mass is 10.0. The highest BCUT2D eigenvalue weighted by Crippen LogP contribution is 2.43. The molecule has 0 aliphatic heterocycles. The van der Waals surface area contributed by atoms with E-state index in [-0.39, 0.29) is 10.6 Å². The van der Waals surface area contributed by atoms with Crippen LogP contribution in [-0.4, -0.2) is 26.4 Å². The molecule has 0 heterocycles. The molecule has 0 saturated carbocycles. The molecule has 1 N–H and O–H groups in total. The van der Waals surface area contributed by atoms with Crippen LogP contribution in [-0.2, 0) is 9.84 Å². The SMILES string of the molecule is CCCCCCCCCCCCCCCCCCOc1cc(N=Nc2c(Br)cc(S(C)(=O)=O)cc2Br)c2ccccc2c1O. The van der Waals surface area contributed by atoms with E-state index in [0.717, 1.165) is 24.5 Å². The second-order valence-corrected chi connectivity index (χ2v) is 15.4. The van der Waals surface area contributed by atoms with Gasteiger partial charge in [0.05, 0.1) is 17.2 Å². The van der Waals surface area contributed by atoms with Gasteiger partial charge in [-0.1, -0.05) is 128 Å².